The second kappa shape index (κ2) is 6.95. The number of likely N-dealkylation sites (tertiary alicyclic amines) is 1. The Bertz CT molecular complexity index is 454. The molecule has 0 aromatic carbocycles. The Morgan fingerprint density at radius 3 is 2.71 bits per heavy atom. The Morgan fingerprint density at radius 2 is 2.05 bits per heavy atom. The van der Waals surface area contributed by atoms with Gasteiger partial charge in [0.2, 0.25) is 0 Å². The van der Waals surface area contributed by atoms with Gasteiger partial charge < -0.3 is 15.0 Å². The van der Waals surface area contributed by atoms with Crippen LogP contribution < -0.4 is 5.32 Å². The maximum atomic E-state index is 12.1. The van der Waals surface area contributed by atoms with Crippen molar-refractivity contribution >= 4 is 5.91 Å². The molecule has 2 fully saturated rings. The second-order valence-electron chi connectivity index (χ2n) is 5.91. The fourth-order valence-electron chi connectivity index (χ4n) is 3.04. The molecule has 6 nitrogen and oxygen atoms in total. The number of hydrogen-bond acceptors (Lipinski definition) is 5. The van der Waals surface area contributed by atoms with E-state index in [0.717, 1.165) is 45.7 Å². The zero-order valence-electron chi connectivity index (χ0n) is 12.2. The van der Waals surface area contributed by atoms with Crippen LogP contribution in [-0.4, -0.2) is 59.7 Å². The Balaban J connectivity index is 1.42. The van der Waals surface area contributed by atoms with Crippen molar-refractivity contribution in [2.75, 3.05) is 32.8 Å². The first-order chi connectivity index (χ1) is 10.3. The molecule has 2 saturated heterocycles. The molecular weight excluding hydrogens is 268 g/mol. The number of amides is 1. The molecule has 1 unspecified atom stereocenters. The van der Waals surface area contributed by atoms with Gasteiger partial charge in [0.15, 0.2) is 0 Å². The topological polar surface area (TPSA) is 67.4 Å². The van der Waals surface area contributed by atoms with Crippen molar-refractivity contribution in [2.24, 2.45) is 5.92 Å². The van der Waals surface area contributed by atoms with Crippen molar-refractivity contribution in [3.63, 3.8) is 0 Å². The van der Waals surface area contributed by atoms with Gasteiger partial charge in [-0.15, -0.1) is 0 Å². The predicted molar refractivity (Wildman–Crippen MR) is 77.9 cm³/mol. The van der Waals surface area contributed by atoms with Gasteiger partial charge in [-0.3, -0.25) is 4.79 Å². The lowest BCUT2D eigenvalue weighted by molar-refractivity contribution is 0.0902. The summed E-state index contributed by atoms with van der Waals surface area (Å²) in [6.45, 7) is 5.05. The van der Waals surface area contributed by atoms with Gasteiger partial charge in [0.1, 0.15) is 6.33 Å². The van der Waals surface area contributed by atoms with Crippen LogP contribution in [0.2, 0.25) is 0 Å². The number of aromatic nitrogens is 2. The Labute approximate surface area is 124 Å². The molecule has 0 bridgehead atoms. The number of ether oxygens (including phenoxy) is 1. The van der Waals surface area contributed by atoms with Crippen molar-refractivity contribution in [2.45, 2.75) is 25.3 Å². The van der Waals surface area contributed by atoms with Gasteiger partial charge in [0.05, 0.1) is 12.2 Å². The zero-order chi connectivity index (χ0) is 14.5. The first kappa shape index (κ1) is 14.4. The minimum atomic E-state index is -0.0711. The van der Waals surface area contributed by atoms with Crippen LogP contribution in [-0.2, 0) is 4.74 Å². The second-order valence-corrected chi connectivity index (χ2v) is 5.91. The Kier molecular flexibility index (Phi) is 4.77. The summed E-state index contributed by atoms with van der Waals surface area (Å²) in [5.74, 6) is 0.621. The largest absolute Gasteiger partial charge is 0.381 e. The number of hydrogen-bond donors (Lipinski definition) is 1. The molecular formula is C15H22N4O2. The van der Waals surface area contributed by atoms with Crippen molar-refractivity contribution in [1.29, 1.82) is 0 Å². The van der Waals surface area contributed by atoms with Crippen LogP contribution >= 0.6 is 0 Å². The number of nitrogens with one attached hydrogen (secondary N) is 1. The quantitative estimate of drug-likeness (QED) is 0.884. The molecule has 114 valence electrons. The lowest BCUT2D eigenvalue weighted by Crippen LogP contribution is -2.45. The molecule has 1 aromatic rings. The van der Waals surface area contributed by atoms with Gasteiger partial charge in [-0.2, -0.15) is 0 Å². The molecule has 0 aliphatic carbocycles. The fraction of sp³-hybridized carbons (Fsp3) is 0.667. The number of piperidine rings is 1. The summed E-state index contributed by atoms with van der Waals surface area (Å²) in [6.07, 6.45) is 7.74. The third-order valence-electron chi connectivity index (χ3n) is 4.29. The smallest absolute Gasteiger partial charge is 0.254 e. The molecule has 2 aliphatic heterocycles. The average molecular weight is 290 g/mol. The summed E-state index contributed by atoms with van der Waals surface area (Å²) in [5, 5.41) is 3.08. The van der Waals surface area contributed by atoms with E-state index >= 15 is 0 Å². The molecule has 2 aliphatic rings. The van der Waals surface area contributed by atoms with E-state index in [-0.39, 0.29) is 11.9 Å². The van der Waals surface area contributed by atoms with E-state index in [1.165, 1.54) is 12.7 Å². The highest BCUT2D eigenvalue weighted by molar-refractivity contribution is 5.93. The third-order valence-corrected chi connectivity index (χ3v) is 4.29. The van der Waals surface area contributed by atoms with Crippen LogP contribution in [0.5, 0.6) is 0 Å². The van der Waals surface area contributed by atoms with E-state index in [2.05, 4.69) is 20.2 Å². The molecule has 0 spiro atoms. The van der Waals surface area contributed by atoms with E-state index in [1.54, 1.807) is 12.4 Å². The van der Waals surface area contributed by atoms with Crippen LogP contribution in [0.4, 0.5) is 0 Å². The summed E-state index contributed by atoms with van der Waals surface area (Å²) in [7, 11) is 0. The van der Waals surface area contributed by atoms with Crippen LogP contribution in [0, 0.1) is 5.92 Å². The molecule has 1 amide bonds. The monoisotopic (exact) mass is 290 g/mol. The lowest BCUT2D eigenvalue weighted by Gasteiger charge is -2.33. The van der Waals surface area contributed by atoms with Gasteiger partial charge in [0.25, 0.3) is 5.91 Å². The molecule has 1 atom stereocenters. The van der Waals surface area contributed by atoms with Crippen LogP contribution in [0.1, 0.15) is 29.6 Å². The number of nitrogens with zero attached hydrogens (tertiary/aromatic N) is 3. The summed E-state index contributed by atoms with van der Waals surface area (Å²) >= 11 is 0. The highest BCUT2D eigenvalue weighted by Crippen LogP contribution is 2.17. The van der Waals surface area contributed by atoms with Crippen molar-refractivity contribution < 1.29 is 9.53 Å². The summed E-state index contributed by atoms with van der Waals surface area (Å²) in [4.78, 5) is 22.3. The van der Waals surface area contributed by atoms with Crippen molar-refractivity contribution in [3.05, 3.63) is 24.3 Å². The summed E-state index contributed by atoms with van der Waals surface area (Å²) < 4.78 is 5.43. The molecule has 1 aromatic heterocycles. The minimum Gasteiger partial charge on any atom is -0.381 e. The van der Waals surface area contributed by atoms with Crippen molar-refractivity contribution in [3.8, 4) is 0 Å². The van der Waals surface area contributed by atoms with E-state index < -0.39 is 0 Å². The molecule has 3 rings (SSSR count). The van der Waals surface area contributed by atoms with E-state index in [1.807, 2.05) is 0 Å². The SMILES string of the molecule is O=C(NC1CCN(CC2CCOC2)CC1)c1cncnc1. The molecule has 0 radical (unpaired) electrons. The summed E-state index contributed by atoms with van der Waals surface area (Å²) in [5.41, 5.74) is 0.531. The van der Waals surface area contributed by atoms with Crippen LogP contribution in [0.25, 0.3) is 0 Å². The number of rotatable bonds is 4. The minimum absolute atomic E-state index is 0.0711. The van der Waals surface area contributed by atoms with Crippen LogP contribution in [0.3, 0.4) is 0 Å². The predicted octanol–water partition coefficient (Wildman–Crippen LogP) is 0.707. The first-order valence-electron chi connectivity index (χ1n) is 7.67. The highest BCUT2D eigenvalue weighted by atomic mass is 16.5. The van der Waals surface area contributed by atoms with E-state index in [4.69, 9.17) is 4.74 Å². The summed E-state index contributed by atoms with van der Waals surface area (Å²) in [6, 6.07) is 0.258. The normalized spacial score (nSPS) is 24.1. The van der Waals surface area contributed by atoms with Gasteiger partial charge >= 0.3 is 0 Å². The molecule has 1 N–H and O–H groups in total. The fourth-order valence-corrected chi connectivity index (χ4v) is 3.04. The average Bonchev–Trinajstić information content (AvgIpc) is 3.03. The number of carbonyl (C=O) groups excluding carboxylic acids is 1. The van der Waals surface area contributed by atoms with E-state index in [0.29, 0.717) is 11.5 Å². The highest BCUT2D eigenvalue weighted by Gasteiger charge is 2.24. The van der Waals surface area contributed by atoms with Gasteiger partial charge in [-0.1, -0.05) is 0 Å². The zero-order valence-corrected chi connectivity index (χ0v) is 12.2. The number of carbonyl (C=O) groups is 1. The van der Waals surface area contributed by atoms with Crippen molar-refractivity contribution in [1.82, 2.24) is 20.2 Å². The van der Waals surface area contributed by atoms with Gasteiger partial charge in [0, 0.05) is 44.7 Å². The third kappa shape index (κ3) is 3.98. The maximum absolute atomic E-state index is 12.1. The Hall–Kier alpha value is -1.53. The van der Waals surface area contributed by atoms with E-state index in [9.17, 15) is 4.79 Å². The van der Waals surface area contributed by atoms with Gasteiger partial charge in [-0.25, -0.2) is 9.97 Å². The first-order valence-corrected chi connectivity index (χ1v) is 7.67. The molecule has 3 heterocycles. The van der Waals surface area contributed by atoms with Crippen LogP contribution in [0.15, 0.2) is 18.7 Å². The maximum Gasteiger partial charge on any atom is 0.254 e. The molecule has 0 saturated carbocycles. The lowest BCUT2D eigenvalue weighted by atomic mass is 10.0. The Morgan fingerprint density at radius 1 is 1.29 bits per heavy atom. The molecule has 21 heavy (non-hydrogen) atoms. The van der Waals surface area contributed by atoms with Gasteiger partial charge in [-0.05, 0) is 25.2 Å². The molecule has 6 heteroatoms. The standard InChI is InChI=1S/C15H22N4O2/c20-15(13-7-16-11-17-8-13)18-14-1-4-19(5-2-14)9-12-3-6-21-10-12/h7-8,11-12,14H,1-6,9-10H2,(H,18,20).